The first-order valence-electron chi connectivity index (χ1n) is 10.9. The SMILES string of the molecule is CCNC(=NCc1cccc(NC(=O)c2ccco2)c1)N1CCOC(C2CCCO2)C1. The van der Waals surface area contributed by atoms with Crippen LogP contribution in [0.25, 0.3) is 0 Å². The van der Waals surface area contributed by atoms with E-state index in [0.29, 0.717) is 18.8 Å². The van der Waals surface area contributed by atoms with Gasteiger partial charge in [0.15, 0.2) is 11.7 Å². The number of furan rings is 1. The first-order valence-corrected chi connectivity index (χ1v) is 10.9. The van der Waals surface area contributed by atoms with Crippen molar-refractivity contribution in [1.82, 2.24) is 10.2 Å². The number of hydrogen-bond donors (Lipinski definition) is 2. The highest BCUT2D eigenvalue weighted by Crippen LogP contribution is 2.21. The molecular formula is C23H30N4O4. The number of nitrogens with zero attached hydrogens (tertiary/aromatic N) is 2. The molecular weight excluding hydrogens is 396 g/mol. The average Bonchev–Trinajstić information content (AvgIpc) is 3.52. The molecule has 166 valence electrons. The van der Waals surface area contributed by atoms with E-state index < -0.39 is 0 Å². The van der Waals surface area contributed by atoms with Crippen LogP contribution in [0, 0.1) is 0 Å². The Balaban J connectivity index is 1.40. The molecule has 31 heavy (non-hydrogen) atoms. The zero-order chi connectivity index (χ0) is 21.5. The number of hydrogen-bond acceptors (Lipinski definition) is 5. The molecule has 3 heterocycles. The van der Waals surface area contributed by atoms with Crippen LogP contribution >= 0.6 is 0 Å². The number of guanidine groups is 1. The Labute approximate surface area is 182 Å². The highest BCUT2D eigenvalue weighted by Gasteiger charge is 2.32. The van der Waals surface area contributed by atoms with Crippen LogP contribution in [0.1, 0.15) is 35.9 Å². The van der Waals surface area contributed by atoms with E-state index >= 15 is 0 Å². The van der Waals surface area contributed by atoms with E-state index in [2.05, 4.69) is 22.5 Å². The van der Waals surface area contributed by atoms with Crippen molar-refractivity contribution in [3.05, 3.63) is 54.0 Å². The zero-order valence-electron chi connectivity index (χ0n) is 17.9. The lowest BCUT2D eigenvalue weighted by Gasteiger charge is -2.37. The van der Waals surface area contributed by atoms with Gasteiger partial charge in [0.05, 0.1) is 25.5 Å². The topological polar surface area (TPSA) is 88.3 Å². The van der Waals surface area contributed by atoms with Crippen molar-refractivity contribution < 1.29 is 18.7 Å². The second-order valence-corrected chi connectivity index (χ2v) is 7.71. The lowest BCUT2D eigenvalue weighted by Crippen LogP contribution is -2.53. The van der Waals surface area contributed by atoms with Crippen molar-refractivity contribution in [1.29, 1.82) is 0 Å². The highest BCUT2D eigenvalue weighted by atomic mass is 16.5. The minimum atomic E-state index is -0.271. The number of morpholine rings is 1. The molecule has 2 N–H and O–H groups in total. The molecule has 0 bridgehead atoms. The summed E-state index contributed by atoms with van der Waals surface area (Å²) in [7, 11) is 0. The van der Waals surface area contributed by atoms with Gasteiger partial charge < -0.3 is 29.4 Å². The number of carbonyl (C=O) groups is 1. The second kappa shape index (κ2) is 10.5. The van der Waals surface area contributed by atoms with Gasteiger partial charge in [0.2, 0.25) is 0 Å². The summed E-state index contributed by atoms with van der Waals surface area (Å²) in [6.45, 7) is 6.44. The maximum Gasteiger partial charge on any atom is 0.291 e. The molecule has 1 amide bonds. The van der Waals surface area contributed by atoms with E-state index in [4.69, 9.17) is 18.9 Å². The molecule has 8 nitrogen and oxygen atoms in total. The van der Waals surface area contributed by atoms with Gasteiger partial charge in [-0.3, -0.25) is 4.79 Å². The van der Waals surface area contributed by atoms with Crippen LogP contribution in [0.2, 0.25) is 0 Å². The summed E-state index contributed by atoms with van der Waals surface area (Å²) in [4.78, 5) is 19.3. The normalized spacial score (nSPS) is 21.8. The van der Waals surface area contributed by atoms with Gasteiger partial charge in [0.1, 0.15) is 6.10 Å². The van der Waals surface area contributed by atoms with Crippen molar-refractivity contribution in [3.8, 4) is 0 Å². The van der Waals surface area contributed by atoms with Crippen LogP contribution in [0.15, 0.2) is 52.1 Å². The molecule has 2 aliphatic rings. The molecule has 2 aliphatic heterocycles. The standard InChI is InChI=1S/C23H30N4O4/c1-2-24-23(27-10-13-31-21(16-27)19-8-4-11-29-19)25-15-17-6-3-7-18(14-17)26-22(28)20-9-5-12-30-20/h3,5-7,9,12,14,19,21H,2,4,8,10-11,13,15-16H2,1H3,(H,24,25)(H,26,28). The minimum absolute atomic E-state index is 0.0836. The summed E-state index contributed by atoms with van der Waals surface area (Å²) in [5.41, 5.74) is 1.72. The summed E-state index contributed by atoms with van der Waals surface area (Å²) in [6.07, 6.45) is 3.91. The summed E-state index contributed by atoms with van der Waals surface area (Å²) in [6, 6.07) is 11.0. The summed E-state index contributed by atoms with van der Waals surface area (Å²) in [5.74, 6) is 0.886. The molecule has 0 spiro atoms. The molecule has 2 saturated heterocycles. The minimum Gasteiger partial charge on any atom is -0.459 e. The summed E-state index contributed by atoms with van der Waals surface area (Å²) >= 11 is 0. The lowest BCUT2D eigenvalue weighted by molar-refractivity contribution is -0.0817. The fourth-order valence-electron chi connectivity index (χ4n) is 3.93. The third-order valence-corrected chi connectivity index (χ3v) is 5.45. The number of amides is 1. The Kier molecular flexibility index (Phi) is 7.22. The fraction of sp³-hybridized carbons (Fsp3) is 0.478. The Hall–Kier alpha value is -2.84. The fourth-order valence-corrected chi connectivity index (χ4v) is 3.93. The second-order valence-electron chi connectivity index (χ2n) is 7.71. The van der Waals surface area contributed by atoms with E-state index in [0.717, 1.165) is 50.6 Å². The zero-order valence-corrected chi connectivity index (χ0v) is 17.9. The quantitative estimate of drug-likeness (QED) is 0.546. The third kappa shape index (κ3) is 5.65. The van der Waals surface area contributed by atoms with Crippen LogP contribution in [-0.4, -0.2) is 61.8 Å². The van der Waals surface area contributed by atoms with Gasteiger partial charge in [-0.2, -0.15) is 0 Å². The molecule has 0 saturated carbocycles. The maximum absolute atomic E-state index is 12.2. The maximum atomic E-state index is 12.2. The molecule has 2 aromatic rings. The highest BCUT2D eigenvalue weighted by molar-refractivity contribution is 6.02. The number of carbonyl (C=O) groups excluding carboxylic acids is 1. The molecule has 2 fully saturated rings. The first kappa shape index (κ1) is 21.4. The smallest absolute Gasteiger partial charge is 0.291 e. The van der Waals surface area contributed by atoms with Gasteiger partial charge in [-0.15, -0.1) is 0 Å². The number of rotatable bonds is 6. The van der Waals surface area contributed by atoms with Gasteiger partial charge in [-0.25, -0.2) is 4.99 Å². The first-order chi connectivity index (χ1) is 15.2. The van der Waals surface area contributed by atoms with Gasteiger partial charge in [-0.1, -0.05) is 12.1 Å². The molecule has 1 aromatic carbocycles. The average molecular weight is 427 g/mol. The Morgan fingerprint density at radius 3 is 2.87 bits per heavy atom. The van der Waals surface area contributed by atoms with Gasteiger partial charge >= 0.3 is 0 Å². The predicted molar refractivity (Wildman–Crippen MR) is 118 cm³/mol. The predicted octanol–water partition coefficient (Wildman–Crippen LogP) is 2.88. The molecule has 2 unspecified atom stereocenters. The Morgan fingerprint density at radius 1 is 1.19 bits per heavy atom. The number of nitrogens with one attached hydrogen (secondary N) is 2. The van der Waals surface area contributed by atoms with Crippen molar-refractivity contribution in [2.45, 2.75) is 38.5 Å². The summed E-state index contributed by atoms with van der Waals surface area (Å²) < 4.78 is 16.9. The third-order valence-electron chi connectivity index (χ3n) is 5.45. The number of anilines is 1. The lowest BCUT2D eigenvalue weighted by atomic mass is 10.1. The molecule has 2 atom stereocenters. The van der Waals surface area contributed by atoms with E-state index in [1.807, 2.05) is 24.3 Å². The van der Waals surface area contributed by atoms with E-state index in [1.54, 1.807) is 12.1 Å². The van der Waals surface area contributed by atoms with Crippen LogP contribution in [-0.2, 0) is 16.0 Å². The molecule has 0 radical (unpaired) electrons. The van der Waals surface area contributed by atoms with E-state index in [9.17, 15) is 4.79 Å². The molecule has 0 aliphatic carbocycles. The van der Waals surface area contributed by atoms with E-state index in [-0.39, 0.29) is 23.9 Å². The van der Waals surface area contributed by atoms with Gasteiger partial charge in [0.25, 0.3) is 5.91 Å². The number of aliphatic imine (C=N–C) groups is 1. The van der Waals surface area contributed by atoms with Crippen molar-refractivity contribution in [2.75, 3.05) is 38.2 Å². The molecule has 4 rings (SSSR count). The van der Waals surface area contributed by atoms with Crippen LogP contribution in [0.3, 0.4) is 0 Å². The Bertz CT molecular complexity index is 877. The number of ether oxygens (including phenoxy) is 2. The van der Waals surface area contributed by atoms with Crippen LogP contribution < -0.4 is 10.6 Å². The van der Waals surface area contributed by atoms with Crippen molar-refractivity contribution in [3.63, 3.8) is 0 Å². The van der Waals surface area contributed by atoms with Crippen LogP contribution in [0.5, 0.6) is 0 Å². The van der Waals surface area contributed by atoms with Crippen LogP contribution in [0.4, 0.5) is 5.69 Å². The molecule has 1 aromatic heterocycles. The van der Waals surface area contributed by atoms with Crippen molar-refractivity contribution >= 4 is 17.6 Å². The number of benzene rings is 1. The largest absolute Gasteiger partial charge is 0.459 e. The Morgan fingerprint density at radius 2 is 2.10 bits per heavy atom. The van der Waals surface area contributed by atoms with Gasteiger partial charge in [0, 0.05) is 31.9 Å². The van der Waals surface area contributed by atoms with Gasteiger partial charge in [-0.05, 0) is 49.6 Å². The van der Waals surface area contributed by atoms with Crippen molar-refractivity contribution in [2.24, 2.45) is 4.99 Å². The van der Waals surface area contributed by atoms with E-state index in [1.165, 1.54) is 6.26 Å². The monoisotopic (exact) mass is 426 g/mol. The summed E-state index contributed by atoms with van der Waals surface area (Å²) in [5, 5.41) is 6.26. The molecule has 8 heteroatoms.